The van der Waals surface area contributed by atoms with Gasteiger partial charge in [0.2, 0.25) is 0 Å². The van der Waals surface area contributed by atoms with E-state index in [1.807, 2.05) is 35.1 Å². The zero-order valence-corrected chi connectivity index (χ0v) is 14.7. The largest absolute Gasteiger partial charge is 0.497 e. The maximum absolute atomic E-state index is 12.0. The molecule has 0 aliphatic rings. The Balaban J connectivity index is 1.73. The third kappa shape index (κ3) is 3.85. The predicted molar refractivity (Wildman–Crippen MR) is 94.4 cm³/mol. The summed E-state index contributed by atoms with van der Waals surface area (Å²) >= 11 is 1.52. The van der Waals surface area contributed by atoms with Crippen molar-refractivity contribution in [2.75, 3.05) is 19.9 Å². The Kier molecular flexibility index (Phi) is 5.39. The molecule has 2 heterocycles. The summed E-state index contributed by atoms with van der Waals surface area (Å²) in [6, 6.07) is 9.32. The second-order valence-corrected chi connectivity index (χ2v) is 5.93. The lowest BCUT2D eigenvalue weighted by atomic mass is 10.3. The molecule has 25 heavy (non-hydrogen) atoms. The Hall–Kier alpha value is -2.74. The van der Waals surface area contributed by atoms with Crippen molar-refractivity contribution in [1.82, 2.24) is 20.1 Å². The van der Waals surface area contributed by atoms with Crippen molar-refractivity contribution in [1.29, 1.82) is 0 Å². The van der Waals surface area contributed by atoms with Crippen LogP contribution in [0, 0.1) is 0 Å². The smallest absolute Gasteiger partial charge is 0.254 e. The molecule has 130 valence electrons. The van der Waals surface area contributed by atoms with Crippen LogP contribution < -0.4 is 10.1 Å². The zero-order valence-electron chi connectivity index (χ0n) is 13.9. The number of rotatable bonds is 7. The molecule has 8 heteroatoms. The number of nitrogens with zero attached hydrogens (tertiary/aromatic N) is 3. The van der Waals surface area contributed by atoms with E-state index >= 15 is 0 Å². The van der Waals surface area contributed by atoms with Gasteiger partial charge in [-0.25, -0.2) is 0 Å². The lowest BCUT2D eigenvalue weighted by Crippen LogP contribution is -2.26. The minimum atomic E-state index is -0.172. The molecule has 1 aromatic carbocycles. The molecule has 3 rings (SSSR count). The van der Waals surface area contributed by atoms with E-state index in [2.05, 4.69) is 15.5 Å². The molecular formula is C17H18N4O3S. The number of thioether (sulfide) groups is 1. The van der Waals surface area contributed by atoms with Crippen molar-refractivity contribution in [2.45, 2.75) is 11.6 Å². The molecule has 7 nitrogen and oxygen atoms in total. The van der Waals surface area contributed by atoms with E-state index in [4.69, 9.17) is 9.15 Å². The monoisotopic (exact) mass is 358 g/mol. The average Bonchev–Trinajstić information content (AvgIpc) is 3.31. The Morgan fingerprint density at radius 3 is 2.72 bits per heavy atom. The summed E-state index contributed by atoms with van der Waals surface area (Å²) in [5.74, 6) is 1.40. The van der Waals surface area contributed by atoms with E-state index < -0.39 is 0 Å². The summed E-state index contributed by atoms with van der Waals surface area (Å²) in [5, 5.41) is 12.1. The molecule has 0 saturated carbocycles. The molecule has 0 unspecified atom stereocenters. The molecule has 0 fully saturated rings. The first kappa shape index (κ1) is 17.1. The fourth-order valence-corrected chi connectivity index (χ4v) is 2.88. The van der Waals surface area contributed by atoms with Crippen molar-refractivity contribution >= 4 is 17.7 Å². The highest BCUT2D eigenvalue weighted by molar-refractivity contribution is 7.98. The van der Waals surface area contributed by atoms with Gasteiger partial charge in [0.25, 0.3) is 5.91 Å². The van der Waals surface area contributed by atoms with Crippen LogP contribution in [0.3, 0.4) is 0 Å². The van der Waals surface area contributed by atoms with E-state index in [0.29, 0.717) is 18.5 Å². The van der Waals surface area contributed by atoms with Crippen LogP contribution >= 0.6 is 11.8 Å². The third-order valence-electron chi connectivity index (χ3n) is 3.63. The first-order chi connectivity index (χ1) is 12.2. The van der Waals surface area contributed by atoms with Crippen molar-refractivity contribution in [3.63, 3.8) is 0 Å². The van der Waals surface area contributed by atoms with Gasteiger partial charge in [0.15, 0.2) is 5.16 Å². The SMILES string of the molecule is COc1ccc(-n2c(CCNC(=O)c3ccoc3)nnc2SC)cc1. The molecular weight excluding hydrogens is 340 g/mol. The Morgan fingerprint density at radius 1 is 1.28 bits per heavy atom. The molecule has 0 bridgehead atoms. The molecule has 2 aromatic heterocycles. The highest BCUT2D eigenvalue weighted by Gasteiger charge is 2.14. The maximum Gasteiger partial charge on any atom is 0.254 e. The number of benzene rings is 1. The molecule has 1 N–H and O–H groups in total. The molecule has 0 saturated heterocycles. The second kappa shape index (κ2) is 7.89. The van der Waals surface area contributed by atoms with Crippen molar-refractivity contribution in [2.24, 2.45) is 0 Å². The number of amides is 1. The molecule has 0 aliphatic heterocycles. The highest BCUT2D eigenvalue weighted by Crippen LogP contribution is 2.22. The first-order valence-corrected chi connectivity index (χ1v) is 8.88. The topological polar surface area (TPSA) is 82.2 Å². The summed E-state index contributed by atoms with van der Waals surface area (Å²) in [7, 11) is 1.63. The van der Waals surface area contributed by atoms with Crippen LogP contribution in [0.25, 0.3) is 5.69 Å². The van der Waals surface area contributed by atoms with Gasteiger partial charge in [-0.05, 0) is 36.6 Å². The predicted octanol–water partition coefficient (Wildman–Crippen LogP) is 2.56. The van der Waals surface area contributed by atoms with Gasteiger partial charge >= 0.3 is 0 Å². The van der Waals surface area contributed by atoms with Gasteiger partial charge in [-0.2, -0.15) is 0 Å². The van der Waals surface area contributed by atoms with Crippen LogP contribution in [0.1, 0.15) is 16.2 Å². The molecule has 3 aromatic rings. The molecule has 0 aliphatic carbocycles. The van der Waals surface area contributed by atoms with E-state index in [1.54, 1.807) is 13.2 Å². The van der Waals surface area contributed by atoms with Gasteiger partial charge in [0.05, 0.1) is 18.9 Å². The molecule has 0 spiro atoms. The van der Waals surface area contributed by atoms with Gasteiger partial charge in [-0.3, -0.25) is 9.36 Å². The summed E-state index contributed by atoms with van der Waals surface area (Å²) in [6.07, 6.45) is 5.40. The van der Waals surface area contributed by atoms with Crippen LogP contribution in [0.4, 0.5) is 0 Å². The number of nitrogens with one attached hydrogen (secondary N) is 1. The quantitative estimate of drug-likeness (QED) is 0.654. The molecule has 1 amide bonds. The lowest BCUT2D eigenvalue weighted by Gasteiger charge is -2.10. The molecule has 0 radical (unpaired) electrons. The van der Waals surface area contributed by atoms with E-state index in [9.17, 15) is 4.79 Å². The van der Waals surface area contributed by atoms with E-state index in [1.165, 1.54) is 24.3 Å². The summed E-state index contributed by atoms with van der Waals surface area (Å²) in [5.41, 5.74) is 1.45. The van der Waals surface area contributed by atoms with Crippen LogP contribution in [0.2, 0.25) is 0 Å². The summed E-state index contributed by atoms with van der Waals surface area (Å²) in [6.45, 7) is 0.451. The summed E-state index contributed by atoms with van der Waals surface area (Å²) in [4.78, 5) is 12.0. The summed E-state index contributed by atoms with van der Waals surface area (Å²) < 4.78 is 12.1. The van der Waals surface area contributed by atoms with E-state index in [0.717, 1.165) is 22.4 Å². The van der Waals surface area contributed by atoms with Crippen molar-refractivity contribution < 1.29 is 13.9 Å². The number of methoxy groups -OCH3 is 1. The normalized spacial score (nSPS) is 10.6. The zero-order chi connectivity index (χ0) is 17.6. The standard InChI is InChI=1S/C17H18N4O3S/c1-23-14-5-3-13(4-6-14)21-15(19-20-17(21)25-2)7-9-18-16(22)12-8-10-24-11-12/h3-6,8,10-11H,7,9H2,1-2H3,(H,18,22). The molecule has 0 atom stereocenters. The number of carbonyl (C=O) groups is 1. The number of ether oxygens (including phenoxy) is 1. The minimum absolute atomic E-state index is 0.172. The van der Waals surface area contributed by atoms with Crippen LogP contribution in [-0.4, -0.2) is 40.6 Å². The maximum atomic E-state index is 12.0. The number of carbonyl (C=O) groups excluding carboxylic acids is 1. The number of hydrogen-bond donors (Lipinski definition) is 1. The van der Waals surface area contributed by atoms with Crippen molar-refractivity contribution in [3.8, 4) is 11.4 Å². The van der Waals surface area contributed by atoms with Crippen molar-refractivity contribution in [3.05, 3.63) is 54.2 Å². The fraction of sp³-hybridized carbons (Fsp3) is 0.235. The fourth-order valence-electron chi connectivity index (χ4n) is 2.37. The van der Waals surface area contributed by atoms with Gasteiger partial charge in [-0.1, -0.05) is 11.8 Å². The lowest BCUT2D eigenvalue weighted by molar-refractivity contribution is 0.0953. The Morgan fingerprint density at radius 2 is 2.08 bits per heavy atom. The Labute approximate surface area is 149 Å². The number of hydrogen-bond acceptors (Lipinski definition) is 6. The number of furan rings is 1. The van der Waals surface area contributed by atoms with Crippen LogP contribution in [0.5, 0.6) is 5.75 Å². The highest BCUT2D eigenvalue weighted by atomic mass is 32.2. The van der Waals surface area contributed by atoms with Gasteiger partial charge in [-0.15, -0.1) is 10.2 Å². The van der Waals surface area contributed by atoms with E-state index in [-0.39, 0.29) is 5.91 Å². The first-order valence-electron chi connectivity index (χ1n) is 7.66. The van der Waals surface area contributed by atoms with Gasteiger partial charge < -0.3 is 14.5 Å². The van der Waals surface area contributed by atoms with Gasteiger partial charge in [0, 0.05) is 18.7 Å². The number of aromatic nitrogens is 3. The Bertz CT molecular complexity index is 828. The second-order valence-electron chi connectivity index (χ2n) is 5.15. The minimum Gasteiger partial charge on any atom is -0.497 e. The van der Waals surface area contributed by atoms with Crippen LogP contribution in [-0.2, 0) is 6.42 Å². The third-order valence-corrected chi connectivity index (χ3v) is 4.26. The van der Waals surface area contributed by atoms with Crippen LogP contribution in [0.15, 0.2) is 52.4 Å². The van der Waals surface area contributed by atoms with Gasteiger partial charge in [0.1, 0.15) is 17.8 Å². The average molecular weight is 358 g/mol.